The highest BCUT2D eigenvalue weighted by atomic mass is 32.2. The third-order valence-electron chi connectivity index (χ3n) is 4.92. The highest BCUT2D eigenvalue weighted by molar-refractivity contribution is 7.99. The fraction of sp³-hybridized carbons (Fsp3) is 0.625. The van der Waals surface area contributed by atoms with Crippen molar-refractivity contribution in [3.63, 3.8) is 0 Å². The van der Waals surface area contributed by atoms with E-state index in [2.05, 4.69) is 15.3 Å². The van der Waals surface area contributed by atoms with Crippen LogP contribution in [0.4, 0.5) is 19.0 Å². The first-order valence-corrected chi connectivity index (χ1v) is 10.00. The molecule has 2 aromatic heterocycles. The fourth-order valence-corrected chi connectivity index (χ4v) is 4.46. The van der Waals surface area contributed by atoms with Crippen molar-refractivity contribution in [3.05, 3.63) is 18.0 Å². The SMILES string of the molecule is O=C(C1CCCN(c2ccc3nnc(C(F)(F)F)n3n2)C1)N1CCSCC1. The van der Waals surface area contributed by atoms with Crippen LogP contribution in [0, 0.1) is 5.92 Å². The molecule has 0 bridgehead atoms. The van der Waals surface area contributed by atoms with E-state index >= 15 is 0 Å². The molecule has 0 spiro atoms. The number of carbonyl (C=O) groups excluding carboxylic acids is 1. The van der Waals surface area contributed by atoms with Gasteiger partial charge in [-0.25, -0.2) is 0 Å². The highest BCUT2D eigenvalue weighted by Gasteiger charge is 2.38. The Morgan fingerprint density at radius 3 is 2.67 bits per heavy atom. The molecular weight excluding hydrogens is 381 g/mol. The zero-order chi connectivity index (χ0) is 19.0. The van der Waals surface area contributed by atoms with E-state index in [1.165, 1.54) is 6.07 Å². The number of carbonyl (C=O) groups is 1. The molecule has 1 amide bonds. The van der Waals surface area contributed by atoms with E-state index in [4.69, 9.17) is 0 Å². The topological polar surface area (TPSA) is 66.6 Å². The molecule has 146 valence electrons. The Morgan fingerprint density at radius 1 is 1.15 bits per heavy atom. The van der Waals surface area contributed by atoms with Crippen molar-refractivity contribution in [1.82, 2.24) is 24.7 Å². The van der Waals surface area contributed by atoms with Crippen molar-refractivity contribution in [3.8, 4) is 0 Å². The van der Waals surface area contributed by atoms with Crippen LogP contribution in [0.3, 0.4) is 0 Å². The van der Waals surface area contributed by atoms with Gasteiger partial charge in [0.25, 0.3) is 5.82 Å². The summed E-state index contributed by atoms with van der Waals surface area (Å²) in [7, 11) is 0. The van der Waals surface area contributed by atoms with E-state index in [-0.39, 0.29) is 17.5 Å². The van der Waals surface area contributed by atoms with Crippen LogP contribution in [0.2, 0.25) is 0 Å². The minimum absolute atomic E-state index is 0.0431. The first-order valence-electron chi connectivity index (χ1n) is 8.84. The largest absolute Gasteiger partial charge is 0.453 e. The molecule has 7 nitrogen and oxygen atoms in total. The third-order valence-corrected chi connectivity index (χ3v) is 5.86. The smallest absolute Gasteiger partial charge is 0.354 e. The van der Waals surface area contributed by atoms with Crippen molar-refractivity contribution < 1.29 is 18.0 Å². The molecule has 0 aromatic carbocycles. The van der Waals surface area contributed by atoms with E-state index in [1.807, 2.05) is 21.6 Å². The average molecular weight is 400 g/mol. The zero-order valence-electron chi connectivity index (χ0n) is 14.5. The molecule has 2 fully saturated rings. The lowest BCUT2D eigenvalue weighted by Crippen LogP contribution is -2.47. The maximum atomic E-state index is 13.1. The quantitative estimate of drug-likeness (QED) is 0.768. The number of nitrogens with zero attached hydrogens (tertiary/aromatic N) is 6. The summed E-state index contributed by atoms with van der Waals surface area (Å²) < 4.78 is 39.9. The number of aromatic nitrogens is 4. The van der Waals surface area contributed by atoms with E-state index < -0.39 is 12.0 Å². The van der Waals surface area contributed by atoms with Crippen LogP contribution in [-0.4, -0.2) is 68.3 Å². The second-order valence-corrected chi connectivity index (χ2v) is 7.93. The van der Waals surface area contributed by atoms with Gasteiger partial charge in [-0.2, -0.15) is 29.4 Å². The predicted molar refractivity (Wildman–Crippen MR) is 94.6 cm³/mol. The summed E-state index contributed by atoms with van der Waals surface area (Å²) in [5, 5.41) is 10.8. The second-order valence-electron chi connectivity index (χ2n) is 6.71. The number of piperidine rings is 1. The van der Waals surface area contributed by atoms with Crippen molar-refractivity contribution >= 4 is 29.1 Å². The summed E-state index contributed by atoms with van der Waals surface area (Å²) in [5.74, 6) is 1.15. The molecule has 11 heteroatoms. The summed E-state index contributed by atoms with van der Waals surface area (Å²) >= 11 is 1.84. The van der Waals surface area contributed by atoms with Gasteiger partial charge < -0.3 is 9.80 Å². The molecule has 4 heterocycles. The van der Waals surface area contributed by atoms with Gasteiger partial charge >= 0.3 is 6.18 Å². The molecule has 0 radical (unpaired) electrons. The molecule has 2 aliphatic rings. The second kappa shape index (κ2) is 7.17. The Labute approximate surface area is 157 Å². The molecule has 2 aliphatic heterocycles. The first-order chi connectivity index (χ1) is 12.9. The van der Waals surface area contributed by atoms with Crippen LogP contribution in [0.25, 0.3) is 5.65 Å². The van der Waals surface area contributed by atoms with Crippen LogP contribution < -0.4 is 4.90 Å². The van der Waals surface area contributed by atoms with Gasteiger partial charge in [-0.05, 0) is 25.0 Å². The van der Waals surface area contributed by atoms with Gasteiger partial charge in [0.05, 0.1) is 5.92 Å². The van der Waals surface area contributed by atoms with Gasteiger partial charge in [0.2, 0.25) is 5.91 Å². The lowest BCUT2D eigenvalue weighted by atomic mass is 9.96. The van der Waals surface area contributed by atoms with Crippen LogP contribution in [0.5, 0.6) is 0 Å². The summed E-state index contributed by atoms with van der Waals surface area (Å²) in [6.45, 7) is 2.64. The van der Waals surface area contributed by atoms with E-state index in [0.717, 1.165) is 42.0 Å². The van der Waals surface area contributed by atoms with Gasteiger partial charge in [0.1, 0.15) is 5.82 Å². The summed E-state index contributed by atoms with van der Waals surface area (Å²) in [4.78, 5) is 16.6. The van der Waals surface area contributed by atoms with Gasteiger partial charge in [-0.1, -0.05) is 0 Å². The summed E-state index contributed by atoms with van der Waals surface area (Å²) in [6, 6.07) is 3.10. The Hall–Kier alpha value is -2.04. The Morgan fingerprint density at radius 2 is 1.93 bits per heavy atom. The van der Waals surface area contributed by atoms with Gasteiger partial charge in [0.15, 0.2) is 5.65 Å². The lowest BCUT2D eigenvalue weighted by molar-refractivity contribution is -0.146. The molecule has 4 rings (SSSR count). The van der Waals surface area contributed by atoms with Crippen LogP contribution in [-0.2, 0) is 11.0 Å². The summed E-state index contributed by atoms with van der Waals surface area (Å²) in [6.07, 6.45) is -3.04. The minimum atomic E-state index is -4.63. The van der Waals surface area contributed by atoms with Crippen molar-refractivity contribution in [2.45, 2.75) is 19.0 Å². The zero-order valence-corrected chi connectivity index (χ0v) is 15.3. The van der Waals surface area contributed by atoms with E-state index in [9.17, 15) is 18.0 Å². The van der Waals surface area contributed by atoms with E-state index in [0.29, 0.717) is 18.9 Å². The van der Waals surface area contributed by atoms with Crippen molar-refractivity contribution in [1.29, 1.82) is 0 Å². The molecule has 1 unspecified atom stereocenters. The van der Waals surface area contributed by atoms with Gasteiger partial charge in [0, 0.05) is 37.7 Å². The standard InChI is InChI=1S/C16H19F3N6OS/c17-16(18,19)15-21-20-12-3-4-13(22-25(12)15)24-5-1-2-11(10-24)14(26)23-6-8-27-9-7-23/h3-4,11H,1-2,5-10H2. The first kappa shape index (κ1) is 18.3. The predicted octanol–water partition coefficient (Wildman–Crippen LogP) is 1.93. The monoisotopic (exact) mass is 400 g/mol. The maximum absolute atomic E-state index is 13.1. The van der Waals surface area contributed by atoms with E-state index in [1.54, 1.807) is 6.07 Å². The molecule has 27 heavy (non-hydrogen) atoms. The average Bonchev–Trinajstić information content (AvgIpc) is 3.12. The molecule has 0 saturated carbocycles. The number of hydrogen-bond donors (Lipinski definition) is 0. The minimum Gasteiger partial charge on any atom is -0.354 e. The molecule has 0 N–H and O–H groups in total. The van der Waals surface area contributed by atoms with Crippen LogP contribution in [0.1, 0.15) is 18.7 Å². The van der Waals surface area contributed by atoms with Crippen molar-refractivity contribution in [2.75, 3.05) is 42.6 Å². The number of halogens is 3. The molecule has 2 aromatic rings. The molecule has 2 saturated heterocycles. The summed E-state index contributed by atoms with van der Waals surface area (Å²) in [5.41, 5.74) is 0.0431. The maximum Gasteiger partial charge on any atom is 0.453 e. The number of anilines is 1. The van der Waals surface area contributed by atoms with Gasteiger partial charge in [-0.3, -0.25) is 4.79 Å². The third kappa shape index (κ3) is 3.69. The highest BCUT2D eigenvalue weighted by Crippen LogP contribution is 2.29. The van der Waals surface area contributed by atoms with Crippen molar-refractivity contribution in [2.24, 2.45) is 5.92 Å². The molecule has 1 atom stereocenters. The molecule has 0 aliphatic carbocycles. The number of alkyl halides is 3. The Kier molecular flexibility index (Phi) is 4.87. The number of rotatable bonds is 2. The fourth-order valence-electron chi connectivity index (χ4n) is 3.55. The van der Waals surface area contributed by atoms with Gasteiger partial charge in [-0.15, -0.1) is 15.3 Å². The Bertz CT molecular complexity index is 835. The Balaban J connectivity index is 1.55. The van der Waals surface area contributed by atoms with Crippen LogP contribution in [0.15, 0.2) is 12.1 Å². The number of hydrogen-bond acceptors (Lipinski definition) is 6. The van der Waals surface area contributed by atoms with Crippen LogP contribution >= 0.6 is 11.8 Å². The molecular formula is C16H19F3N6OS. The number of thioether (sulfide) groups is 1. The number of amides is 1. The normalized spacial score (nSPS) is 21.7. The number of fused-ring (bicyclic) bond motifs is 1. The lowest BCUT2D eigenvalue weighted by Gasteiger charge is -2.36.